The van der Waals surface area contributed by atoms with Crippen molar-refractivity contribution in [3.8, 4) is 22.4 Å². The molecule has 2 heterocycles. The minimum absolute atomic E-state index is 0.0201. The number of nitrogens with zero attached hydrogens (tertiary/aromatic N) is 1. The van der Waals surface area contributed by atoms with Crippen molar-refractivity contribution in [1.29, 1.82) is 0 Å². The number of fused-ring (bicyclic) bond motifs is 3. The lowest BCUT2D eigenvalue weighted by atomic mass is 9.77. The molecule has 5 rings (SSSR count). The summed E-state index contributed by atoms with van der Waals surface area (Å²) in [5.74, 6) is 0. The summed E-state index contributed by atoms with van der Waals surface area (Å²) < 4.78 is 33.7. The summed E-state index contributed by atoms with van der Waals surface area (Å²) in [5, 5.41) is 2.13. The molecule has 0 radical (unpaired) electrons. The normalized spacial score (nSPS) is 14.2. The first-order valence-corrected chi connectivity index (χ1v) is 12.7. The van der Waals surface area contributed by atoms with Crippen LogP contribution in [0.15, 0.2) is 71.3 Å². The third kappa shape index (κ3) is 4.03. The van der Waals surface area contributed by atoms with Crippen LogP contribution in [-0.4, -0.2) is 0 Å². The van der Waals surface area contributed by atoms with Gasteiger partial charge in [-0.1, -0.05) is 90.1 Å². The molecule has 0 amide bonds. The largest absolute Gasteiger partial charge is 0.455 e. The molecule has 2 aromatic heterocycles. The number of aromatic nitrogens is 1. The summed E-state index contributed by atoms with van der Waals surface area (Å²) in [6.07, 6.45) is 1.78. The van der Waals surface area contributed by atoms with Gasteiger partial charge in [0.1, 0.15) is 18.2 Å². The summed E-state index contributed by atoms with van der Waals surface area (Å²) in [6, 6.07) is 20.9. The maximum atomic E-state index is 8.45. The van der Waals surface area contributed by atoms with Crippen molar-refractivity contribution in [2.75, 3.05) is 0 Å². The number of furan rings is 1. The van der Waals surface area contributed by atoms with Gasteiger partial charge in [-0.05, 0) is 58.5 Å². The zero-order chi connectivity index (χ0) is 28.5. The maximum Gasteiger partial charge on any atom is 0.216 e. The standard InChI is InChI=1S/C34H38NO/c1-21-14-16-26-25-12-10-11-13-30(25)36-32(26)31(21)29-19-27(22(2)20-35(29)9)24-17-15-23(33(3,4)5)18-28(24)34(6,7)8/h10-20H,1-9H3/q+1/i2D3. The Labute approximate surface area is 219 Å². The van der Waals surface area contributed by atoms with E-state index < -0.39 is 6.85 Å². The highest BCUT2D eigenvalue weighted by atomic mass is 16.3. The van der Waals surface area contributed by atoms with Crippen molar-refractivity contribution < 1.29 is 13.1 Å². The zero-order valence-electron chi connectivity index (χ0n) is 25.7. The molecule has 0 aliphatic heterocycles. The van der Waals surface area contributed by atoms with Gasteiger partial charge in [0.2, 0.25) is 5.69 Å². The lowest BCUT2D eigenvalue weighted by molar-refractivity contribution is -0.660. The first-order chi connectivity index (χ1) is 18.1. The second kappa shape index (κ2) is 8.34. The number of benzene rings is 3. The van der Waals surface area contributed by atoms with E-state index in [1.54, 1.807) is 6.20 Å². The molecular formula is C34H38NO+. The van der Waals surface area contributed by atoms with E-state index in [4.69, 9.17) is 8.53 Å². The Morgan fingerprint density at radius 2 is 1.53 bits per heavy atom. The Hall–Kier alpha value is -3.39. The monoisotopic (exact) mass is 479 g/mol. The van der Waals surface area contributed by atoms with Gasteiger partial charge < -0.3 is 4.42 Å². The van der Waals surface area contributed by atoms with Gasteiger partial charge in [-0.25, -0.2) is 4.57 Å². The first kappa shape index (κ1) is 20.8. The number of pyridine rings is 1. The topological polar surface area (TPSA) is 17.0 Å². The van der Waals surface area contributed by atoms with Crippen LogP contribution in [0.2, 0.25) is 0 Å². The first-order valence-electron chi connectivity index (χ1n) is 14.2. The van der Waals surface area contributed by atoms with Crippen LogP contribution in [-0.2, 0) is 17.9 Å². The molecule has 0 saturated heterocycles. The highest BCUT2D eigenvalue weighted by molar-refractivity contribution is 6.09. The predicted molar refractivity (Wildman–Crippen MR) is 153 cm³/mol. The second-order valence-electron chi connectivity index (χ2n) is 12.1. The van der Waals surface area contributed by atoms with Crippen molar-refractivity contribution in [2.45, 2.75) is 66.1 Å². The van der Waals surface area contributed by atoms with Crippen LogP contribution in [0.1, 0.15) is 67.9 Å². The molecule has 3 aromatic carbocycles. The lowest BCUT2D eigenvalue weighted by Gasteiger charge is -2.28. The van der Waals surface area contributed by atoms with Gasteiger partial charge >= 0.3 is 0 Å². The third-order valence-electron chi connectivity index (χ3n) is 7.27. The van der Waals surface area contributed by atoms with Crippen molar-refractivity contribution in [2.24, 2.45) is 7.05 Å². The van der Waals surface area contributed by atoms with Crippen LogP contribution < -0.4 is 4.57 Å². The van der Waals surface area contributed by atoms with Gasteiger partial charge in [-0.2, -0.15) is 0 Å². The molecule has 0 atom stereocenters. The molecule has 5 aromatic rings. The quantitative estimate of drug-likeness (QED) is 0.231. The molecule has 2 nitrogen and oxygen atoms in total. The van der Waals surface area contributed by atoms with Gasteiger partial charge in [-0.15, -0.1) is 0 Å². The Morgan fingerprint density at radius 3 is 2.22 bits per heavy atom. The molecule has 0 unspecified atom stereocenters. The summed E-state index contributed by atoms with van der Waals surface area (Å²) in [4.78, 5) is 0. The van der Waals surface area contributed by atoms with Crippen LogP contribution in [0.4, 0.5) is 0 Å². The summed E-state index contributed by atoms with van der Waals surface area (Å²) >= 11 is 0. The van der Waals surface area contributed by atoms with E-state index in [9.17, 15) is 0 Å². The molecule has 36 heavy (non-hydrogen) atoms. The smallest absolute Gasteiger partial charge is 0.216 e. The maximum absolute atomic E-state index is 8.45. The Kier molecular flexibility index (Phi) is 4.81. The van der Waals surface area contributed by atoms with E-state index in [1.807, 2.05) is 29.8 Å². The van der Waals surface area contributed by atoms with Gasteiger partial charge in [0, 0.05) is 26.5 Å². The van der Waals surface area contributed by atoms with Gasteiger partial charge in [-0.3, -0.25) is 0 Å². The fraction of sp³-hybridized carbons (Fsp3) is 0.324. The van der Waals surface area contributed by atoms with Crippen LogP contribution in [0, 0.1) is 13.8 Å². The molecule has 0 spiro atoms. The van der Waals surface area contributed by atoms with Crippen LogP contribution in [0.3, 0.4) is 0 Å². The Bertz CT molecular complexity index is 1730. The number of hydrogen-bond acceptors (Lipinski definition) is 1. The van der Waals surface area contributed by atoms with Crippen LogP contribution in [0.25, 0.3) is 44.3 Å². The van der Waals surface area contributed by atoms with Crippen molar-refractivity contribution in [1.82, 2.24) is 0 Å². The van der Waals surface area contributed by atoms with Gasteiger partial charge in [0.05, 0.1) is 5.56 Å². The van der Waals surface area contributed by atoms with Crippen molar-refractivity contribution in [3.05, 3.63) is 89.1 Å². The highest BCUT2D eigenvalue weighted by Gasteiger charge is 2.27. The number of hydrogen-bond donors (Lipinski definition) is 0. The Balaban J connectivity index is 1.87. The van der Waals surface area contributed by atoms with E-state index in [2.05, 4.69) is 90.9 Å². The average molecular weight is 480 g/mol. The predicted octanol–water partition coefficient (Wildman–Crippen LogP) is 8.96. The molecule has 0 saturated carbocycles. The Morgan fingerprint density at radius 1 is 0.778 bits per heavy atom. The number of aryl methyl sites for hydroxylation is 3. The molecule has 0 bridgehead atoms. The molecule has 184 valence electrons. The van der Waals surface area contributed by atoms with E-state index in [0.717, 1.165) is 55.4 Å². The second-order valence-corrected chi connectivity index (χ2v) is 12.1. The van der Waals surface area contributed by atoms with Crippen molar-refractivity contribution in [3.63, 3.8) is 0 Å². The van der Waals surface area contributed by atoms with E-state index >= 15 is 0 Å². The number of rotatable bonds is 2. The van der Waals surface area contributed by atoms with E-state index in [-0.39, 0.29) is 10.8 Å². The minimum Gasteiger partial charge on any atom is -0.455 e. The molecule has 2 heteroatoms. The van der Waals surface area contributed by atoms with Crippen molar-refractivity contribution >= 4 is 21.9 Å². The van der Waals surface area contributed by atoms with E-state index in [1.165, 1.54) is 5.56 Å². The fourth-order valence-electron chi connectivity index (χ4n) is 5.19. The number of para-hydroxylation sites is 1. The molecule has 0 fully saturated rings. The molecular weight excluding hydrogens is 438 g/mol. The molecule has 0 aliphatic rings. The summed E-state index contributed by atoms with van der Waals surface area (Å²) in [7, 11) is 1.92. The molecule has 0 aliphatic carbocycles. The fourth-order valence-corrected chi connectivity index (χ4v) is 5.19. The molecule has 0 N–H and O–H groups in total. The minimum atomic E-state index is -2.27. The highest BCUT2D eigenvalue weighted by Crippen LogP contribution is 2.41. The van der Waals surface area contributed by atoms with Crippen LogP contribution >= 0.6 is 0 Å². The third-order valence-corrected chi connectivity index (χ3v) is 7.27. The summed E-state index contributed by atoms with van der Waals surface area (Å²) in [5.41, 5.74) is 8.83. The van der Waals surface area contributed by atoms with Gasteiger partial charge in [0.15, 0.2) is 6.20 Å². The summed E-state index contributed by atoms with van der Waals surface area (Å²) in [6.45, 7) is 13.0. The SMILES string of the molecule is [2H]C([2H])([2H])c1c[n+](C)c(-c2c(C)ccc3c2oc2ccccc23)cc1-c1ccc(C(C)(C)C)cc1C(C)(C)C. The lowest BCUT2D eigenvalue weighted by Crippen LogP contribution is -2.31. The van der Waals surface area contributed by atoms with Gasteiger partial charge in [0.25, 0.3) is 0 Å². The van der Waals surface area contributed by atoms with E-state index in [0.29, 0.717) is 5.56 Å². The average Bonchev–Trinajstić information content (AvgIpc) is 3.21. The zero-order valence-corrected chi connectivity index (χ0v) is 22.7. The van der Waals surface area contributed by atoms with Crippen LogP contribution in [0.5, 0.6) is 0 Å².